The smallest absolute Gasteiger partial charge is 0.315 e. The van der Waals surface area contributed by atoms with Gasteiger partial charge in [-0.3, -0.25) is 14.6 Å². The van der Waals surface area contributed by atoms with Gasteiger partial charge in [-0.2, -0.15) is 0 Å². The maximum Gasteiger partial charge on any atom is 0.315 e. The van der Waals surface area contributed by atoms with Crippen LogP contribution in [0.4, 0.5) is 0 Å². The zero-order valence-electron chi connectivity index (χ0n) is 18.8. The first-order valence-corrected chi connectivity index (χ1v) is 10.9. The van der Waals surface area contributed by atoms with Gasteiger partial charge in [-0.15, -0.1) is 0 Å². The number of ketones is 1. The van der Waals surface area contributed by atoms with E-state index in [1.807, 2.05) is 31.2 Å². The molecular formula is C25H33NO4. The molecule has 0 fully saturated rings. The molecule has 2 atom stereocenters. The summed E-state index contributed by atoms with van der Waals surface area (Å²) in [5, 5.41) is 0. The Morgan fingerprint density at radius 1 is 1.17 bits per heavy atom. The number of hydrogen-bond donors (Lipinski definition) is 0. The number of ether oxygens (including phenoxy) is 2. The van der Waals surface area contributed by atoms with Gasteiger partial charge in [-0.1, -0.05) is 45.7 Å². The molecule has 0 bridgehead atoms. The normalized spacial score (nSPS) is 23.0. The summed E-state index contributed by atoms with van der Waals surface area (Å²) in [6.07, 6.45) is 4.13. The third kappa shape index (κ3) is 4.66. The van der Waals surface area contributed by atoms with Crippen molar-refractivity contribution in [1.29, 1.82) is 0 Å². The number of aliphatic imine (C=N–C) groups is 1. The van der Waals surface area contributed by atoms with Gasteiger partial charge in [0, 0.05) is 29.3 Å². The van der Waals surface area contributed by atoms with Gasteiger partial charge in [-0.05, 0) is 42.9 Å². The van der Waals surface area contributed by atoms with Gasteiger partial charge >= 0.3 is 5.97 Å². The number of carbonyl (C=O) groups is 2. The van der Waals surface area contributed by atoms with Gasteiger partial charge in [0.1, 0.15) is 11.7 Å². The van der Waals surface area contributed by atoms with Gasteiger partial charge in [0.05, 0.1) is 13.7 Å². The Labute approximate surface area is 179 Å². The summed E-state index contributed by atoms with van der Waals surface area (Å²) >= 11 is 0. The maximum absolute atomic E-state index is 13.2. The Balaban J connectivity index is 2.01. The van der Waals surface area contributed by atoms with Gasteiger partial charge in [0.2, 0.25) is 0 Å². The molecule has 1 heterocycles. The van der Waals surface area contributed by atoms with Crippen LogP contribution >= 0.6 is 0 Å². The first-order valence-electron chi connectivity index (χ1n) is 10.9. The number of methoxy groups -OCH3 is 1. The summed E-state index contributed by atoms with van der Waals surface area (Å²) < 4.78 is 10.9. The van der Waals surface area contributed by atoms with E-state index in [0.29, 0.717) is 18.6 Å². The minimum absolute atomic E-state index is 0.0853. The van der Waals surface area contributed by atoms with Crippen LogP contribution in [0.5, 0.6) is 5.75 Å². The van der Waals surface area contributed by atoms with E-state index in [9.17, 15) is 9.59 Å². The molecule has 0 aromatic heterocycles. The number of hydrogen-bond acceptors (Lipinski definition) is 5. The van der Waals surface area contributed by atoms with Crippen molar-refractivity contribution in [1.82, 2.24) is 0 Å². The van der Waals surface area contributed by atoms with E-state index in [4.69, 9.17) is 14.5 Å². The number of nitrogens with zero attached hydrogens (tertiary/aromatic N) is 1. The van der Waals surface area contributed by atoms with Crippen molar-refractivity contribution < 1.29 is 19.1 Å². The number of esters is 1. The van der Waals surface area contributed by atoms with Crippen molar-refractivity contribution in [3.8, 4) is 5.75 Å². The number of allylic oxidation sites excluding steroid dienone is 2. The van der Waals surface area contributed by atoms with E-state index in [1.165, 1.54) is 0 Å². The summed E-state index contributed by atoms with van der Waals surface area (Å²) in [4.78, 5) is 31.1. The zero-order chi connectivity index (χ0) is 21.9. The third-order valence-corrected chi connectivity index (χ3v) is 6.02. The predicted molar refractivity (Wildman–Crippen MR) is 118 cm³/mol. The first kappa shape index (κ1) is 22.3. The monoisotopic (exact) mass is 411 g/mol. The van der Waals surface area contributed by atoms with Crippen LogP contribution in [0.1, 0.15) is 71.3 Å². The average Bonchev–Trinajstić information content (AvgIpc) is 2.69. The van der Waals surface area contributed by atoms with E-state index >= 15 is 0 Å². The molecular weight excluding hydrogens is 378 g/mol. The Kier molecular flexibility index (Phi) is 6.79. The Morgan fingerprint density at radius 3 is 2.50 bits per heavy atom. The molecule has 0 saturated heterocycles. The molecule has 1 aliphatic heterocycles. The van der Waals surface area contributed by atoms with Crippen LogP contribution in [-0.2, 0) is 14.3 Å². The van der Waals surface area contributed by atoms with Crippen LogP contribution in [0.2, 0.25) is 0 Å². The lowest BCUT2D eigenvalue weighted by Crippen LogP contribution is -2.39. The molecule has 1 aromatic rings. The highest BCUT2D eigenvalue weighted by molar-refractivity contribution is 6.09. The Bertz CT molecular complexity index is 864. The number of unbranched alkanes of at least 4 members (excludes halogenated alkanes) is 2. The zero-order valence-corrected chi connectivity index (χ0v) is 18.8. The second-order valence-electron chi connectivity index (χ2n) is 9.16. The summed E-state index contributed by atoms with van der Waals surface area (Å²) in [6, 6.07) is 7.63. The molecule has 1 unspecified atom stereocenters. The minimum Gasteiger partial charge on any atom is -0.497 e. The van der Waals surface area contributed by atoms with Crippen LogP contribution in [-0.4, -0.2) is 31.2 Å². The second kappa shape index (κ2) is 9.15. The lowest BCUT2D eigenvalue weighted by Gasteiger charge is -2.39. The number of carbonyl (C=O) groups excluding carboxylic acids is 2. The highest BCUT2D eigenvalue weighted by Gasteiger charge is 2.45. The molecule has 0 radical (unpaired) electrons. The molecule has 5 nitrogen and oxygen atoms in total. The molecule has 0 N–H and O–H groups in total. The Hall–Kier alpha value is -2.43. The highest BCUT2D eigenvalue weighted by atomic mass is 16.5. The first-order chi connectivity index (χ1) is 14.3. The van der Waals surface area contributed by atoms with Crippen molar-refractivity contribution in [2.75, 3.05) is 13.7 Å². The largest absolute Gasteiger partial charge is 0.497 e. The van der Waals surface area contributed by atoms with Crippen molar-refractivity contribution >= 4 is 17.5 Å². The predicted octanol–water partition coefficient (Wildman–Crippen LogP) is 5.25. The number of rotatable bonds is 7. The number of benzene rings is 1. The molecule has 1 aromatic carbocycles. The molecule has 0 saturated carbocycles. The van der Waals surface area contributed by atoms with Crippen molar-refractivity contribution in [2.24, 2.45) is 16.3 Å². The molecule has 1 aliphatic carbocycles. The summed E-state index contributed by atoms with van der Waals surface area (Å²) in [6.45, 7) is 8.58. The molecule has 0 amide bonds. The highest BCUT2D eigenvalue weighted by Crippen LogP contribution is 2.48. The number of Topliss-reactive ketones (excluding diaryl/α,β-unsaturated/α-hetero) is 1. The van der Waals surface area contributed by atoms with Crippen LogP contribution in [0, 0.1) is 11.3 Å². The molecule has 0 spiro atoms. The van der Waals surface area contributed by atoms with Crippen LogP contribution < -0.4 is 4.74 Å². The Morgan fingerprint density at radius 2 is 1.87 bits per heavy atom. The molecule has 5 heteroatoms. The molecule has 30 heavy (non-hydrogen) atoms. The van der Waals surface area contributed by atoms with Crippen molar-refractivity contribution in [2.45, 2.75) is 65.7 Å². The van der Waals surface area contributed by atoms with E-state index < -0.39 is 5.92 Å². The van der Waals surface area contributed by atoms with Crippen LogP contribution in [0.25, 0.3) is 0 Å². The minimum atomic E-state index is -0.580. The maximum atomic E-state index is 13.2. The van der Waals surface area contributed by atoms with Crippen LogP contribution in [0.3, 0.4) is 0 Å². The quantitative estimate of drug-likeness (QED) is 0.454. The summed E-state index contributed by atoms with van der Waals surface area (Å²) in [5.74, 6) is -0.419. The summed E-state index contributed by atoms with van der Waals surface area (Å²) in [7, 11) is 1.62. The molecule has 3 rings (SSSR count). The van der Waals surface area contributed by atoms with Gasteiger partial charge < -0.3 is 9.47 Å². The van der Waals surface area contributed by atoms with E-state index in [-0.39, 0.29) is 23.1 Å². The van der Waals surface area contributed by atoms with Crippen molar-refractivity contribution in [3.63, 3.8) is 0 Å². The standard InChI is InChI=1S/C25H33NO4/c1-6-7-8-13-30-24(28)21-16(2)26-19-14-25(3,4)15-20(27)23(19)22(21)17-9-11-18(29-5)12-10-17/h9-12,21-22H,6-8,13-15H2,1-5H3/t21?,22-/m0/s1. The van der Waals surface area contributed by atoms with E-state index in [1.54, 1.807) is 7.11 Å². The molecule has 2 aliphatic rings. The second-order valence-corrected chi connectivity index (χ2v) is 9.16. The van der Waals surface area contributed by atoms with E-state index in [0.717, 1.165) is 48.4 Å². The van der Waals surface area contributed by atoms with Gasteiger partial charge in [-0.25, -0.2) is 0 Å². The topological polar surface area (TPSA) is 65.0 Å². The fourth-order valence-corrected chi connectivity index (χ4v) is 4.54. The van der Waals surface area contributed by atoms with Crippen molar-refractivity contribution in [3.05, 3.63) is 41.1 Å². The fraction of sp³-hybridized carbons (Fsp3) is 0.560. The van der Waals surface area contributed by atoms with Gasteiger partial charge in [0.25, 0.3) is 0 Å². The SMILES string of the molecule is CCCCCOC(=O)C1C(C)=NC2=C(C(=O)CC(C)(C)C2)[C@H]1c1ccc(OC)cc1. The average molecular weight is 412 g/mol. The van der Waals surface area contributed by atoms with Gasteiger partial charge in [0.15, 0.2) is 5.78 Å². The lowest BCUT2D eigenvalue weighted by atomic mass is 9.67. The fourth-order valence-electron chi connectivity index (χ4n) is 4.54. The summed E-state index contributed by atoms with van der Waals surface area (Å²) in [5.41, 5.74) is 3.02. The van der Waals surface area contributed by atoms with E-state index in [2.05, 4.69) is 20.8 Å². The lowest BCUT2D eigenvalue weighted by molar-refractivity contribution is -0.146. The molecule has 162 valence electrons. The van der Waals surface area contributed by atoms with Crippen LogP contribution in [0.15, 0.2) is 40.5 Å². The third-order valence-electron chi connectivity index (χ3n) is 6.02.